The van der Waals surface area contributed by atoms with E-state index in [0.29, 0.717) is 0 Å². The summed E-state index contributed by atoms with van der Waals surface area (Å²) in [7, 11) is 0. The van der Waals surface area contributed by atoms with Crippen LogP contribution in [0.4, 0.5) is 0 Å². The molecule has 1 radical (unpaired) electrons. The molecule has 0 aromatic carbocycles. The summed E-state index contributed by atoms with van der Waals surface area (Å²) < 4.78 is 0.898. The molecule has 1 aliphatic rings. The van der Waals surface area contributed by atoms with Crippen molar-refractivity contribution < 1.29 is 0 Å². The van der Waals surface area contributed by atoms with Gasteiger partial charge in [0.1, 0.15) is 4.32 Å². The third-order valence-corrected chi connectivity index (χ3v) is 1.64. The normalized spacial score (nSPS) is 21.0. The monoisotopic (exact) mass is 118 g/mol. The minimum atomic E-state index is 0.898. The molecule has 0 unspecified atom stereocenters. The van der Waals surface area contributed by atoms with Crippen LogP contribution in [0.3, 0.4) is 0 Å². The molecule has 0 bridgehead atoms. The van der Waals surface area contributed by atoms with Crippen LogP contribution in [-0.2, 0) is 0 Å². The van der Waals surface area contributed by atoms with Gasteiger partial charge in [0.2, 0.25) is 0 Å². The fourth-order valence-electron chi connectivity index (χ4n) is 0.284. The molecule has 33 valence electrons. The summed E-state index contributed by atoms with van der Waals surface area (Å²) in [6.07, 6.45) is 0. The summed E-state index contributed by atoms with van der Waals surface area (Å²) in [6, 6.07) is 0. The van der Waals surface area contributed by atoms with Crippen LogP contribution in [0, 0.1) is 5.75 Å². The fraction of sp³-hybridized carbons (Fsp3) is 0.333. The van der Waals surface area contributed by atoms with E-state index in [1.165, 1.54) is 0 Å². The molecule has 1 rings (SSSR count). The van der Waals surface area contributed by atoms with Gasteiger partial charge in [-0.2, -0.15) is 0 Å². The second-order valence-electron chi connectivity index (χ2n) is 0.953. The molecule has 0 atom stereocenters. The van der Waals surface area contributed by atoms with Crippen LogP contribution >= 0.6 is 24.0 Å². The van der Waals surface area contributed by atoms with Gasteiger partial charge in [-0.05, 0) is 0 Å². The van der Waals surface area contributed by atoms with Gasteiger partial charge in [0.05, 0.1) is 0 Å². The minimum absolute atomic E-state index is 0.898. The SMILES string of the molecule is S=C1NC[CH]S1. The van der Waals surface area contributed by atoms with Gasteiger partial charge >= 0.3 is 0 Å². The Morgan fingerprint density at radius 2 is 2.83 bits per heavy atom. The first-order valence-electron chi connectivity index (χ1n) is 1.66. The van der Waals surface area contributed by atoms with Crippen LogP contribution in [0.25, 0.3) is 0 Å². The Morgan fingerprint density at radius 1 is 2.00 bits per heavy atom. The second kappa shape index (κ2) is 1.80. The van der Waals surface area contributed by atoms with Crippen LogP contribution < -0.4 is 5.32 Å². The van der Waals surface area contributed by atoms with Crippen molar-refractivity contribution in [3.63, 3.8) is 0 Å². The van der Waals surface area contributed by atoms with Crippen LogP contribution in [0.15, 0.2) is 0 Å². The summed E-state index contributed by atoms with van der Waals surface area (Å²) in [5.74, 6) is 2.04. The summed E-state index contributed by atoms with van der Waals surface area (Å²) in [4.78, 5) is 0. The van der Waals surface area contributed by atoms with Crippen LogP contribution in [0.2, 0.25) is 0 Å². The number of thiocarbonyl (C=S) groups is 1. The van der Waals surface area contributed by atoms with E-state index in [1.54, 1.807) is 11.8 Å². The lowest BCUT2D eigenvalue weighted by Crippen LogP contribution is -2.08. The van der Waals surface area contributed by atoms with Crippen molar-refractivity contribution in [1.29, 1.82) is 0 Å². The predicted molar refractivity (Wildman–Crippen MR) is 32.5 cm³/mol. The maximum atomic E-state index is 4.74. The van der Waals surface area contributed by atoms with Gasteiger partial charge < -0.3 is 5.32 Å². The largest absolute Gasteiger partial charge is 0.370 e. The standard InChI is InChI=1S/C3H4NS2/c5-3-4-1-2-6-3/h2H,1H2,(H,4,5). The highest BCUT2D eigenvalue weighted by atomic mass is 32.2. The van der Waals surface area contributed by atoms with E-state index >= 15 is 0 Å². The highest BCUT2D eigenvalue weighted by molar-refractivity contribution is 8.24. The molecule has 1 N–H and O–H groups in total. The van der Waals surface area contributed by atoms with Crippen molar-refractivity contribution >= 4 is 28.3 Å². The van der Waals surface area contributed by atoms with Crippen LogP contribution in [0.5, 0.6) is 0 Å². The Bertz CT molecular complexity index is 63.2. The molecular formula is C3H4NS2. The second-order valence-corrected chi connectivity index (χ2v) is 2.60. The molecule has 0 aliphatic carbocycles. The highest BCUT2D eigenvalue weighted by Crippen LogP contribution is 2.10. The Balaban J connectivity index is 2.37. The average Bonchev–Trinajstić information content (AvgIpc) is 1.86. The first-order valence-corrected chi connectivity index (χ1v) is 2.94. The Labute approximate surface area is 46.5 Å². The van der Waals surface area contributed by atoms with E-state index in [0.717, 1.165) is 10.9 Å². The molecule has 6 heavy (non-hydrogen) atoms. The third kappa shape index (κ3) is 0.849. The number of hydrogen-bond donors (Lipinski definition) is 1. The number of hydrogen-bond acceptors (Lipinski definition) is 2. The van der Waals surface area contributed by atoms with Gasteiger partial charge in [0, 0.05) is 12.3 Å². The van der Waals surface area contributed by atoms with Gasteiger partial charge in [-0.25, -0.2) is 0 Å². The van der Waals surface area contributed by atoms with Gasteiger partial charge in [-0.3, -0.25) is 0 Å². The van der Waals surface area contributed by atoms with Crippen LogP contribution in [-0.4, -0.2) is 10.9 Å². The maximum absolute atomic E-state index is 4.74. The molecule has 1 aliphatic heterocycles. The lowest BCUT2D eigenvalue weighted by molar-refractivity contribution is 1.08. The van der Waals surface area contributed by atoms with Gasteiger partial charge in [0.25, 0.3) is 0 Å². The van der Waals surface area contributed by atoms with Crippen molar-refractivity contribution in [2.24, 2.45) is 0 Å². The topological polar surface area (TPSA) is 12.0 Å². The molecule has 0 aromatic heterocycles. The van der Waals surface area contributed by atoms with Crippen molar-refractivity contribution in [2.75, 3.05) is 6.54 Å². The lowest BCUT2D eigenvalue weighted by Gasteiger charge is -1.82. The number of rotatable bonds is 0. The Morgan fingerprint density at radius 3 is 3.00 bits per heavy atom. The molecule has 1 saturated heterocycles. The first kappa shape index (κ1) is 4.40. The van der Waals surface area contributed by atoms with E-state index in [1.807, 2.05) is 5.75 Å². The molecule has 1 nitrogen and oxygen atoms in total. The molecular weight excluding hydrogens is 114 g/mol. The van der Waals surface area contributed by atoms with Crippen molar-refractivity contribution in [3.05, 3.63) is 5.75 Å². The zero-order valence-electron chi connectivity index (χ0n) is 3.10. The number of nitrogens with one attached hydrogen (secondary N) is 1. The smallest absolute Gasteiger partial charge is 0.134 e. The highest BCUT2D eigenvalue weighted by Gasteiger charge is 2.02. The first-order chi connectivity index (χ1) is 2.89. The van der Waals surface area contributed by atoms with Crippen molar-refractivity contribution in [1.82, 2.24) is 5.32 Å². The quantitative estimate of drug-likeness (QED) is 0.472. The van der Waals surface area contributed by atoms with E-state index in [2.05, 4.69) is 5.32 Å². The predicted octanol–water partition coefficient (Wildman–Crippen LogP) is 0.769. The van der Waals surface area contributed by atoms with E-state index in [4.69, 9.17) is 12.2 Å². The van der Waals surface area contributed by atoms with Gasteiger partial charge in [-0.15, -0.1) is 0 Å². The molecule has 1 heterocycles. The maximum Gasteiger partial charge on any atom is 0.134 e. The summed E-state index contributed by atoms with van der Waals surface area (Å²) in [5.41, 5.74) is 0. The molecule has 3 heteroatoms. The lowest BCUT2D eigenvalue weighted by atomic mass is 10.8. The third-order valence-electron chi connectivity index (χ3n) is 0.520. The molecule has 0 spiro atoms. The summed E-state index contributed by atoms with van der Waals surface area (Å²) in [5, 5.41) is 2.96. The van der Waals surface area contributed by atoms with E-state index < -0.39 is 0 Å². The van der Waals surface area contributed by atoms with E-state index in [-0.39, 0.29) is 0 Å². The average molecular weight is 118 g/mol. The van der Waals surface area contributed by atoms with Crippen LogP contribution in [0.1, 0.15) is 0 Å². The zero-order valence-corrected chi connectivity index (χ0v) is 4.73. The summed E-state index contributed by atoms with van der Waals surface area (Å²) >= 11 is 6.33. The van der Waals surface area contributed by atoms with Gasteiger partial charge in [-0.1, -0.05) is 24.0 Å². The fourth-order valence-corrected chi connectivity index (χ4v) is 1.06. The minimum Gasteiger partial charge on any atom is -0.370 e. The molecule has 1 fully saturated rings. The summed E-state index contributed by atoms with van der Waals surface area (Å²) in [6.45, 7) is 0.934. The number of thioether (sulfide) groups is 1. The molecule has 0 aromatic rings. The van der Waals surface area contributed by atoms with Crippen molar-refractivity contribution in [2.45, 2.75) is 0 Å². The molecule has 0 amide bonds. The van der Waals surface area contributed by atoms with Gasteiger partial charge in [0.15, 0.2) is 0 Å². The van der Waals surface area contributed by atoms with E-state index in [9.17, 15) is 0 Å². The van der Waals surface area contributed by atoms with Crippen molar-refractivity contribution in [3.8, 4) is 0 Å². The zero-order chi connectivity index (χ0) is 4.41. The Kier molecular flexibility index (Phi) is 1.32. The molecule has 0 saturated carbocycles. The Hall–Kier alpha value is 0.240.